The number of carbonyl (C=O) groups is 1. The lowest BCUT2D eigenvalue weighted by Crippen LogP contribution is -2.19. The highest BCUT2D eigenvalue weighted by atomic mass is 19.4. The van der Waals surface area contributed by atoms with Gasteiger partial charge in [-0.3, -0.25) is 0 Å². The number of carbonyl (C=O) groups excluding carboxylic acids is 1. The van der Waals surface area contributed by atoms with Crippen molar-refractivity contribution < 1.29 is 22.7 Å². The molecule has 0 N–H and O–H groups in total. The smallest absolute Gasteiger partial charge is 0.369 e. The Morgan fingerprint density at radius 3 is 1.91 bits per heavy atom. The van der Waals surface area contributed by atoms with Gasteiger partial charge in [0.05, 0.1) is 0 Å². The van der Waals surface area contributed by atoms with Crippen LogP contribution in [-0.2, 0) is 9.53 Å². The van der Waals surface area contributed by atoms with Crippen LogP contribution in [-0.4, -0.2) is 12.3 Å². The number of hydrogen-bond acceptors (Lipinski definition) is 2. The number of ether oxygens (including phenoxy) is 1. The molecule has 0 heterocycles. The van der Waals surface area contributed by atoms with E-state index < -0.39 is 12.3 Å². The molecule has 0 aliphatic carbocycles. The van der Waals surface area contributed by atoms with E-state index in [1.54, 1.807) is 0 Å². The molecular weight excluding hydrogens is 161 g/mol. The summed E-state index contributed by atoms with van der Waals surface area (Å²) < 4.78 is 36.5. The first-order chi connectivity index (χ1) is 4.33. The molecule has 0 aromatic rings. The Hall–Kier alpha value is -1.00. The molecule has 0 unspecified atom stereocenters. The molecule has 2 nitrogen and oxygen atoms in total. The minimum Gasteiger partial charge on any atom is -0.369 e. The molecule has 0 aromatic heterocycles. The second-order valence-electron chi connectivity index (χ2n) is 1.62. The van der Waals surface area contributed by atoms with Crippen molar-refractivity contribution >= 4 is 5.97 Å². The van der Waals surface area contributed by atoms with E-state index >= 15 is 0 Å². The fraction of sp³-hybridized carbons (Fsp3) is 0.500. The quantitative estimate of drug-likeness (QED) is 0.445. The summed E-state index contributed by atoms with van der Waals surface area (Å²) in [5, 5.41) is 0. The molecule has 0 amide bonds. The minimum absolute atomic E-state index is 0. The van der Waals surface area contributed by atoms with Crippen LogP contribution in [0.4, 0.5) is 13.2 Å². The number of hydrogen-bond donors (Lipinski definition) is 0. The van der Waals surface area contributed by atoms with E-state index in [0.717, 1.165) is 6.92 Å². The second kappa shape index (κ2) is 4.00. The largest absolute Gasteiger partial charge is 0.575 e. The molecule has 0 radical (unpaired) electrons. The number of rotatable bonds is 1. The van der Waals surface area contributed by atoms with E-state index in [0.29, 0.717) is 0 Å². The number of alkyl halides is 3. The van der Waals surface area contributed by atoms with Gasteiger partial charge in [-0.1, -0.05) is 14.0 Å². The molecule has 11 heavy (non-hydrogen) atoms. The van der Waals surface area contributed by atoms with Crippen LogP contribution in [0.3, 0.4) is 0 Å². The Morgan fingerprint density at radius 1 is 1.45 bits per heavy atom. The average Bonchev–Trinajstić information content (AvgIpc) is 1.60. The molecule has 0 bridgehead atoms. The molecule has 0 atom stereocenters. The molecule has 0 saturated carbocycles. The van der Waals surface area contributed by atoms with Crippen LogP contribution in [0.2, 0.25) is 0 Å². The zero-order valence-corrected chi connectivity index (χ0v) is 5.16. The molecule has 0 aliphatic heterocycles. The van der Waals surface area contributed by atoms with Gasteiger partial charge in [0.1, 0.15) is 0 Å². The third-order valence-corrected chi connectivity index (χ3v) is 0.557. The standard InChI is InChI=1S/C5H5F3O2.CH4/c1-3(2)4(9)10-5(6,7)8;/h1H2,2H3;1H4. The maximum atomic E-state index is 11.2. The zero-order valence-electron chi connectivity index (χ0n) is 5.16. The average molecular weight is 170 g/mol. The van der Waals surface area contributed by atoms with Crippen LogP contribution < -0.4 is 0 Å². The highest BCUT2D eigenvalue weighted by Gasteiger charge is 2.33. The third-order valence-electron chi connectivity index (χ3n) is 0.557. The fourth-order valence-electron chi connectivity index (χ4n) is 0.192. The highest BCUT2D eigenvalue weighted by molar-refractivity contribution is 5.87. The van der Waals surface area contributed by atoms with Crippen LogP contribution in [0.25, 0.3) is 0 Å². The summed E-state index contributed by atoms with van der Waals surface area (Å²) in [5.74, 6) is -1.45. The van der Waals surface area contributed by atoms with Gasteiger partial charge in [0, 0.05) is 5.57 Å². The van der Waals surface area contributed by atoms with Crippen molar-refractivity contribution in [3.05, 3.63) is 12.2 Å². The van der Waals surface area contributed by atoms with Crippen molar-refractivity contribution in [2.45, 2.75) is 20.7 Å². The predicted molar refractivity (Wildman–Crippen MR) is 33.7 cm³/mol. The van der Waals surface area contributed by atoms with E-state index in [9.17, 15) is 18.0 Å². The van der Waals surface area contributed by atoms with Gasteiger partial charge in [0.2, 0.25) is 0 Å². The lowest BCUT2D eigenvalue weighted by molar-refractivity contribution is -0.303. The Kier molecular flexibility index (Phi) is 4.60. The van der Waals surface area contributed by atoms with Crippen LogP contribution in [0.5, 0.6) is 0 Å². The lowest BCUT2D eigenvalue weighted by atomic mass is 10.4. The van der Waals surface area contributed by atoms with Gasteiger partial charge in [0.15, 0.2) is 0 Å². The van der Waals surface area contributed by atoms with Gasteiger partial charge in [-0.05, 0) is 6.92 Å². The van der Waals surface area contributed by atoms with Crippen LogP contribution >= 0.6 is 0 Å². The summed E-state index contributed by atoms with van der Waals surface area (Å²) in [6.07, 6.45) is -4.91. The van der Waals surface area contributed by atoms with E-state index in [2.05, 4.69) is 11.3 Å². The van der Waals surface area contributed by atoms with Gasteiger partial charge in [0.25, 0.3) is 0 Å². The Bertz CT molecular complexity index is 160. The summed E-state index contributed by atoms with van der Waals surface area (Å²) in [4.78, 5) is 10.1. The Balaban J connectivity index is 0. The summed E-state index contributed by atoms with van der Waals surface area (Å²) in [6.45, 7) is 4.10. The molecule has 0 rings (SSSR count). The normalized spacial score (nSPS) is 9.82. The molecule has 0 fully saturated rings. The van der Waals surface area contributed by atoms with Crippen LogP contribution in [0.1, 0.15) is 14.4 Å². The van der Waals surface area contributed by atoms with E-state index in [4.69, 9.17) is 0 Å². The van der Waals surface area contributed by atoms with Crippen molar-refractivity contribution in [2.75, 3.05) is 0 Å². The number of halogens is 3. The van der Waals surface area contributed by atoms with Gasteiger partial charge in [-0.15, -0.1) is 13.2 Å². The van der Waals surface area contributed by atoms with Gasteiger partial charge in [-0.2, -0.15) is 0 Å². The summed E-state index contributed by atoms with van der Waals surface area (Å²) in [6, 6.07) is 0. The monoisotopic (exact) mass is 170 g/mol. The third kappa shape index (κ3) is 6.89. The van der Waals surface area contributed by atoms with Crippen LogP contribution in [0.15, 0.2) is 12.2 Å². The van der Waals surface area contributed by atoms with Crippen molar-refractivity contribution in [1.29, 1.82) is 0 Å². The van der Waals surface area contributed by atoms with E-state index in [1.807, 2.05) is 0 Å². The molecule has 0 aromatic carbocycles. The first-order valence-electron chi connectivity index (χ1n) is 2.28. The van der Waals surface area contributed by atoms with Crippen molar-refractivity contribution in [1.82, 2.24) is 0 Å². The second-order valence-corrected chi connectivity index (χ2v) is 1.62. The maximum absolute atomic E-state index is 11.2. The van der Waals surface area contributed by atoms with Gasteiger partial charge in [-0.25, -0.2) is 4.79 Å². The molecule has 0 spiro atoms. The van der Waals surface area contributed by atoms with Gasteiger partial charge >= 0.3 is 12.3 Å². The zero-order chi connectivity index (χ0) is 8.36. The Morgan fingerprint density at radius 2 is 1.82 bits per heavy atom. The first kappa shape index (κ1) is 12.7. The molecule has 0 aliphatic rings. The minimum atomic E-state index is -4.91. The summed E-state index contributed by atoms with van der Waals surface area (Å²) in [5.41, 5.74) is -0.280. The Labute approximate surface area is 62.7 Å². The lowest BCUT2D eigenvalue weighted by Gasteiger charge is -2.05. The predicted octanol–water partition coefficient (Wildman–Crippen LogP) is 2.26. The van der Waals surface area contributed by atoms with Gasteiger partial charge < -0.3 is 4.74 Å². The van der Waals surface area contributed by atoms with Crippen molar-refractivity contribution in [3.63, 3.8) is 0 Å². The highest BCUT2D eigenvalue weighted by Crippen LogP contribution is 2.17. The first-order valence-corrected chi connectivity index (χ1v) is 2.28. The maximum Gasteiger partial charge on any atom is 0.575 e. The number of esters is 1. The van der Waals surface area contributed by atoms with E-state index in [1.165, 1.54) is 0 Å². The molecular formula is C6H9F3O2. The topological polar surface area (TPSA) is 26.3 Å². The summed E-state index contributed by atoms with van der Waals surface area (Å²) >= 11 is 0. The SMILES string of the molecule is C.C=C(C)C(=O)OC(F)(F)F. The van der Waals surface area contributed by atoms with Crippen LogP contribution in [0, 0.1) is 0 Å². The summed E-state index contributed by atoms with van der Waals surface area (Å²) in [7, 11) is 0. The van der Waals surface area contributed by atoms with Crippen molar-refractivity contribution in [2.24, 2.45) is 0 Å². The molecule has 5 heteroatoms. The van der Waals surface area contributed by atoms with E-state index in [-0.39, 0.29) is 13.0 Å². The molecule has 66 valence electrons. The fourth-order valence-corrected chi connectivity index (χ4v) is 0.192. The van der Waals surface area contributed by atoms with Crippen molar-refractivity contribution in [3.8, 4) is 0 Å². The molecule has 0 saturated heterocycles.